The van der Waals surface area contributed by atoms with Gasteiger partial charge in [-0.05, 0) is 45.2 Å². The molecule has 1 saturated heterocycles. The SMILES string of the molecule is CCCN1CCC(CNC(=NC)NC(C)CCS(C)(=O)=O)C1. The van der Waals surface area contributed by atoms with E-state index in [9.17, 15) is 8.42 Å². The van der Waals surface area contributed by atoms with Crippen molar-refractivity contribution in [2.45, 2.75) is 39.2 Å². The maximum absolute atomic E-state index is 11.2. The molecule has 2 unspecified atom stereocenters. The van der Waals surface area contributed by atoms with Gasteiger partial charge in [0.05, 0.1) is 5.75 Å². The largest absolute Gasteiger partial charge is 0.356 e. The molecule has 22 heavy (non-hydrogen) atoms. The average Bonchev–Trinajstić information content (AvgIpc) is 2.88. The van der Waals surface area contributed by atoms with E-state index in [1.54, 1.807) is 7.05 Å². The van der Waals surface area contributed by atoms with Crippen molar-refractivity contribution in [3.8, 4) is 0 Å². The number of rotatable bonds is 8. The standard InChI is InChI=1S/C15H32N4O2S/c1-5-8-19-9-6-14(12-19)11-17-15(16-3)18-13(2)7-10-22(4,20)21/h13-14H,5-12H2,1-4H3,(H2,16,17,18). The van der Waals surface area contributed by atoms with E-state index in [-0.39, 0.29) is 11.8 Å². The molecule has 2 atom stereocenters. The molecule has 1 aliphatic heterocycles. The first-order chi connectivity index (χ1) is 10.3. The maximum atomic E-state index is 11.2. The van der Waals surface area contributed by atoms with Gasteiger partial charge in [-0.15, -0.1) is 0 Å². The zero-order valence-corrected chi connectivity index (χ0v) is 15.2. The number of hydrogen-bond donors (Lipinski definition) is 2. The molecule has 1 heterocycles. The Bertz CT molecular complexity index is 450. The van der Waals surface area contributed by atoms with Gasteiger partial charge in [0.25, 0.3) is 0 Å². The smallest absolute Gasteiger partial charge is 0.191 e. The minimum absolute atomic E-state index is 0.0843. The van der Waals surface area contributed by atoms with E-state index in [1.807, 2.05) is 6.92 Å². The number of nitrogens with zero attached hydrogens (tertiary/aromatic N) is 2. The van der Waals surface area contributed by atoms with E-state index in [4.69, 9.17) is 0 Å². The third-order valence-corrected chi connectivity index (χ3v) is 4.97. The summed E-state index contributed by atoms with van der Waals surface area (Å²) in [5.41, 5.74) is 0. The predicted octanol–water partition coefficient (Wildman–Crippen LogP) is 0.707. The lowest BCUT2D eigenvalue weighted by atomic mass is 10.1. The minimum atomic E-state index is -2.90. The van der Waals surface area contributed by atoms with Crippen LogP contribution in [0.1, 0.15) is 33.1 Å². The van der Waals surface area contributed by atoms with Gasteiger partial charge in [-0.2, -0.15) is 0 Å². The second-order valence-electron chi connectivity index (χ2n) is 6.37. The van der Waals surface area contributed by atoms with Crippen molar-refractivity contribution in [1.82, 2.24) is 15.5 Å². The monoisotopic (exact) mass is 332 g/mol. The number of sulfone groups is 1. The van der Waals surface area contributed by atoms with E-state index < -0.39 is 9.84 Å². The van der Waals surface area contributed by atoms with Gasteiger partial charge >= 0.3 is 0 Å². The average molecular weight is 333 g/mol. The minimum Gasteiger partial charge on any atom is -0.356 e. The van der Waals surface area contributed by atoms with E-state index in [2.05, 4.69) is 27.4 Å². The maximum Gasteiger partial charge on any atom is 0.191 e. The van der Waals surface area contributed by atoms with Crippen LogP contribution in [0.25, 0.3) is 0 Å². The third-order valence-electron chi connectivity index (χ3n) is 4.00. The molecule has 0 aromatic heterocycles. The molecule has 0 aromatic rings. The molecule has 0 bridgehead atoms. The van der Waals surface area contributed by atoms with Crippen molar-refractivity contribution < 1.29 is 8.42 Å². The van der Waals surface area contributed by atoms with Gasteiger partial charge in [-0.3, -0.25) is 4.99 Å². The number of guanidine groups is 1. The molecule has 0 spiro atoms. The molecular formula is C15H32N4O2S. The van der Waals surface area contributed by atoms with Crippen LogP contribution in [0.2, 0.25) is 0 Å². The lowest BCUT2D eigenvalue weighted by molar-refractivity contribution is 0.324. The summed E-state index contributed by atoms with van der Waals surface area (Å²) in [5.74, 6) is 1.62. The molecule has 0 aliphatic carbocycles. The Hall–Kier alpha value is -0.820. The second-order valence-corrected chi connectivity index (χ2v) is 8.63. The summed E-state index contributed by atoms with van der Waals surface area (Å²) in [6, 6.07) is 0.0843. The highest BCUT2D eigenvalue weighted by molar-refractivity contribution is 7.90. The van der Waals surface area contributed by atoms with Gasteiger partial charge in [-0.25, -0.2) is 8.42 Å². The van der Waals surface area contributed by atoms with Gasteiger partial charge in [0, 0.05) is 32.4 Å². The molecule has 0 radical (unpaired) electrons. The number of likely N-dealkylation sites (tertiary alicyclic amines) is 1. The molecule has 6 nitrogen and oxygen atoms in total. The third kappa shape index (κ3) is 7.98. The molecule has 1 fully saturated rings. The van der Waals surface area contributed by atoms with Crippen molar-refractivity contribution in [2.24, 2.45) is 10.9 Å². The Morgan fingerprint density at radius 3 is 2.77 bits per heavy atom. The van der Waals surface area contributed by atoms with Crippen LogP contribution in [0.3, 0.4) is 0 Å². The Labute approximate surface area is 135 Å². The van der Waals surface area contributed by atoms with Gasteiger partial charge in [0.15, 0.2) is 5.96 Å². The fourth-order valence-electron chi connectivity index (χ4n) is 2.73. The lowest BCUT2D eigenvalue weighted by Crippen LogP contribution is -2.44. The zero-order chi connectivity index (χ0) is 16.6. The molecule has 0 amide bonds. The Morgan fingerprint density at radius 2 is 2.18 bits per heavy atom. The lowest BCUT2D eigenvalue weighted by Gasteiger charge is -2.20. The van der Waals surface area contributed by atoms with Crippen LogP contribution in [-0.2, 0) is 9.84 Å². The van der Waals surface area contributed by atoms with Crippen LogP contribution < -0.4 is 10.6 Å². The van der Waals surface area contributed by atoms with Crippen LogP contribution in [0.5, 0.6) is 0 Å². The van der Waals surface area contributed by atoms with Crippen molar-refractivity contribution in [3.05, 3.63) is 0 Å². The van der Waals surface area contributed by atoms with Crippen LogP contribution >= 0.6 is 0 Å². The molecule has 130 valence electrons. The van der Waals surface area contributed by atoms with Crippen molar-refractivity contribution in [1.29, 1.82) is 0 Å². The summed E-state index contributed by atoms with van der Waals surface area (Å²) in [6.07, 6.45) is 4.30. The number of nitrogens with one attached hydrogen (secondary N) is 2. The molecule has 2 N–H and O–H groups in total. The van der Waals surface area contributed by atoms with Crippen LogP contribution in [-0.4, -0.2) is 70.6 Å². The molecule has 0 saturated carbocycles. The van der Waals surface area contributed by atoms with Gasteiger partial charge in [0.2, 0.25) is 0 Å². The first-order valence-electron chi connectivity index (χ1n) is 8.21. The van der Waals surface area contributed by atoms with Gasteiger partial charge < -0.3 is 15.5 Å². The molecule has 1 aliphatic rings. The summed E-state index contributed by atoms with van der Waals surface area (Å²) in [4.78, 5) is 6.73. The van der Waals surface area contributed by atoms with Crippen molar-refractivity contribution >= 4 is 15.8 Å². The highest BCUT2D eigenvalue weighted by atomic mass is 32.2. The quantitative estimate of drug-likeness (QED) is 0.506. The topological polar surface area (TPSA) is 73.8 Å². The van der Waals surface area contributed by atoms with E-state index in [1.165, 1.54) is 32.2 Å². The van der Waals surface area contributed by atoms with E-state index >= 15 is 0 Å². The summed E-state index contributed by atoms with van der Waals surface area (Å²) in [6.45, 7) is 8.65. The molecule has 1 rings (SSSR count). The fraction of sp³-hybridized carbons (Fsp3) is 0.933. The zero-order valence-electron chi connectivity index (χ0n) is 14.4. The van der Waals surface area contributed by atoms with Crippen molar-refractivity contribution in [3.63, 3.8) is 0 Å². The summed E-state index contributed by atoms with van der Waals surface area (Å²) in [7, 11) is -1.16. The first kappa shape index (κ1) is 19.2. The fourth-order valence-corrected chi connectivity index (χ4v) is 3.51. The summed E-state index contributed by atoms with van der Waals surface area (Å²) in [5, 5.41) is 6.63. The summed E-state index contributed by atoms with van der Waals surface area (Å²) < 4.78 is 22.4. The summed E-state index contributed by atoms with van der Waals surface area (Å²) >= 11 is 0. The Kier molecular flexibility index (Phi) is 8.17. The van der Waals surface area contributed by atoms with E-state index in [0.29, 0.717) is 12.3 Å². The second kappa shape index (κ2) is 9.35. The molecule has 0 aromatic carbocycles. The molecular weight excluding hydrogens is 300 g/mol. The van der Waals surface area contributed by atoms with Crippen LogP contribution in [0.4, 0.5) is 0 Å². The highest BCUT2D eigenvalue weighted by Crippen LogP contribution is 2.15. The first-order valence-corrected chi connectivity index (χ1v) is 10.3. The Balaban J connectivity index is 2.28. The predicted molar refractivity (Wildman–Crippen MR) is 93.1 cm³/mol. The van der Waals surface area contributed by atoms with Gasteiger partial charge in [-0.1, -0.05) is 6.92 Å². The number of hydrogen-bond acceptors (Lipinski definition) is 4. The Morgan fingerprint density at radius 1 is 1.45 bits per heavy atom. The van der Waals surface area contributed by atoms with Crippen LogP contribution in [0.15, 0.2) is 4.99 Å². The van der Waals surface area contributed by atoms with Crippen molar-refractivity contribution in [2.75, 3.05) is 45.2 Å². The highest BCUT2D eigenvalue weighted by Gasteiger charge is 2.21. The number of aliphatic imine (C=N–C) groups is 1. The molecule has 7 heteroatoms. The normalized spacial score (nSPS) is 21.8. The van der Waals surface area contributed by atoms with E-state index in [0.717, 1.165) is 19.0 Å². The van der Waals surface area contributed by atoms with Gasteiger partial charge in [0.1, 0.15) is 9.84 Å². The van der Waals surface area contributed by atoms with Crippen LogP contribution in [0, 0.1) is 5.92 Å².